The number of nitrogens with zero attached hydrogens (tertiary/aromatic N) is 2. The number of benzene rings is 2. The van der Waals surface area contributed by atoms with Crippen molar-refractivity contribution in [2.45, 2.75) is 30.6 Å². The van der Waals surface area contributed by atoms with Gasteiger partial charge < -0.3 is 10.2 Å². The van der Waals surface area contributed by atoms with Gasteiger partial charge >= 0.3 is 0 Å². The molecule has 1 aliphatic heterocycles. The molecule has 0 saturated carbocycles. The molecule has 0 aliphatic carbocycles. The number of halogens is 1. The van der Waals surface area contributed by atoms with Gasteiger partial charge in [0.1, 0.15) is 5.82 Å². The van der Waals surface area contributed by atoms with E-state index in [1.54, 1.807) is 24.3 Å². The number of fused-ring (bicyclic) bond motifs is 1. The van der Waals surface area contributed by atoms with Gasteiger partial charge in [0.15, 0.2) is 4.34 Å². The maximum atomic E-state index is 13.6. The van der Waals surface area contributed by atoms with Crippen LogP contribution in [0.1, 0.15) is 24.0 Å². The van der Waals surface area contributed by atoms with Crippen molar-refractivity contribution in [1.82, 2.24) is 15.2 Å². The lowest BCUT2D eigenvalue weighted by Crippen LogP contribution is -2.43. The fraction of sp³-hybridized carbons (Fsp3) is 0.348. The van der Waals surface area contributed by atoms with Crippen molar-refractivity contribution in [3.63, 3.8) is 0 Å². The van der Waals surface area contributed by atoms with Crippen LogP contribution in [0.15, 0.2) is 46.8 Å². The van der Waals surface area contributed by atoms with Crippen LogP contribution in [0.4, 0.5) is 4.39 Å². The monoisotopic (exact) mass is 457 g/mol. The van der Waals surface area contributed by atoms with Crippen LogP contribution in [-0.2, 0) is 16.1 Å². The summed E-state index contributed by atoms with van der Waals surface area (Å²) in [4.78, 5) is 31.4. The second-order valence-corrected chi connectivity index (χ2v) is 9.95. The predicted molar refractivity (Wildman–Crippen MR) is 123 cm³/mol. The van der Waals surface area contributed by atoms with Crippen molar-refractivity contribution in [3.05, 3.63) is 59.4 Å². The number of piperidine rings is 1. The van der Waals surface area contributed by atoms with E-state index >= 15 is 0 Å². The molecule has 5 nitrogen and oxygen atoms in total. The molecule has 0 radical (unpaired) electrons. The Morgan fingerprint density at radius 1 is 1.23 bits per heavy atom. The number of nitrogens with one attached hydrogen (secondary N) is 1. The van der Waals surface area contributed by atoms with Gasteiger partial charge in [-0.3, -0.25) is 9.59 Å². The Kier molecular flexibility index (Phi) is 6.87. The number of thiazole rings is 1. The first-order valence-electron chi connectivity index (χ1n) is 10.3. The highest BCUT2D eigenvalue weighted by molar-refractivity contribution is 8.01. The van der Waals surface area contributed by atoms with Crippen LogP contribution < -0.4 is 5.32 Å². The van der Waals surface area contributed by atoms with Crippen molar-refractivity contribution >= 4 is 45.1 Å². The number of aryl methyl sites for hydroxylation is 1. The summed E-state index contributed by atoms with van der Waals surface area (Å²) in [6.07, 6.45) is 1.29. The molecule has 1 fully saturated rings. The fourth-order valence-electron chi connectivity index (χ4n) is 3.60. The van der Waals surface area contributed by atoms with E-state index in [0.717, 1.165) is 20.1 Å². The number of carbonyl (C=O) groups is 2. The van der Waals surface area contributed by atoms with Gasteiger partial charge in [-0.05, 0) is 49.1 Å². The first-order chi connectivity index (χ1) is 15.0. The molecule has 4 rings (SSSR count). The van der Waals surface area contributed by atoms with Gasteiger partial charge in [-0.25, -0.2) is 9.37 Å². The molecule has 1 aromatic heterocycles. The number of thioether (sulfide) groups is 1. The number of amides is 2. The standard InChI is InChI=1S/C23H24FN3O2S2/c1-15-6-7-16(12-18(15)24)13-25-22(29)17-8-10-27(11-9-17)21(28)14-30-23-26-19-4-2-3-5-20(19)31-23/h2-7,12,17H,8-11,13-14H2,1H3,(H,25,29). The van der Waals surface area contributed by atoms with Crippen LogP contribution in [0.2, 0.25) is 0 Å². The Labute approximate surface area is 189 Å². The summed E-state index contributed by atoms with van der Waals surface area (Å²) in [5.74, 6) is 0.0316. The average Bonchev–Trinajstić information content (AvgIpc) is 3.21. The van der Waals surface area contributed by atoms with Gasteiger partial charge in [-0.2, -0.15) is 0 Å². The maximum absolute atomic E-state index is 13.6. The number of hydrogen-bond acceptors (Lipinski definition) is 5. The van der Waals surface area contributed by atoms with Crippen LogP contribution in [0, 0.1) is 18.7 Å². The number of para-hydroxylation sites is 1. The second-order valence-electron chi connectivity index (χ2n) is 7.69. The van der Waals surface area contributed by atoms with E-state index in [9.17, 15) is 14.0 Å². The molecule has 2 amide bonds. The zero-order chi connectivity index (χ0) is 21.8. The molecule has 3 aromatic rings. The number of aromatic nitrogens is 1. The van der Waals surface area contributed by atoms with Gasteiger partial charge in [-0.15, -0.1) is 11.3 Å². The summed E-state index contributed by atoms with van der Waals surface area (Å²) in [5, 5.41) is 2.90. The Morgan fingerprint density at radius 2 is 2.00 bits per heavy atom. The lowest BCUT2D eigenvalue weighted by Gasteiger charge is -2.31. The quantitative estimate of drug-likeness (QED) is 0.558. The average molecular weight is 458 g/mol. The van der Waals surface area contributed by atoms with Gasteiger partial charge in [0.25, 0.3) is 0 Å². The molecule has 2 aromatic carbocycles. The summed E-state index contributed by atoms with van der Waals surface area (Å²) >= 11 is 3.07. The van der Waals surface area contributed by atoms with E-state index in [1.165, 1.54) is 17.8 Å². The van der Waals surface area contributed by atoms with Crippen molar-refractivity contribution in [2.75, 3.05) is 18.8 Å². The minimum Gasteiger partial charge on any atom is -0.352 e. The van der Waals surface area contributed by atoms with Crippen molar-refractivity contribution < 1.29 is 14.0 Å². The minimum absolute atomic E-state index is 0.0306. The van der Waals surface area contributed by atoms with Gasteiger partial charge in [0, 0.05) is 25.6 Å². The highest BCUT2D eigenvalue weighted by Gasteiger charge is 2.27. The third-order valence-electron chi connectivity index (χ3n) is 5.51. The summed E-state index contributed by atoms with van der Waals surface area (Å²) < 4.78 is 15.7. The molecule has 1 saturated heterocycles. The SMILES string of the molecule is Cc1ccc(CNC(=O)C2CCN(C(=O)CSc3nc4ccccc4s3)CC2)cc1F. The van der Waals surface area contributed by atoms with Crippen molar-refractivity contribution in [3.8, 4) is 0 Å². The largest absolute Gasteiger partial charge is 0.352 e. The molecule has 2 heterocycles. The Morgan fingerprint density at radius 3 is 2.74 bits per heavy atom. The van der Waals surface area contributed by atoms with Crippen LogP contribution in [0.3, 0.4) is 0 Å². The van der Waals surface area contributed by atoms with E-state index in [2.05, 4.69) is 10.3 Å². The molecule has 0 spiro atoms. The number of rotatable bonds is 6. The maximum Gasteiger partial charge on any atom is 0.233 e. The highest BCUT2D eigenvalue weighted by atomic mass is 32.2. The van der Waals surface area contributed by atoms with E-state index in [0.29, 0.717) is 43.8 Å². The lowest BCUT2D eigenvalue weighted by molar-refractivity contribution is -0.133. The number of likely N-dealkylation sites (tertiary alicyclic amines) is 1. The Bertz CT molecular complexity index is 1060. The van der Waals surface area contributed by atoms with E-state index in [-0.39, 0.29) is 23.5 Å². The van der Waals surface area contributed by atoms with E-state index < -0.39 is 0 Å². The molecule has 31 heavy (non-hydrogen) atoms. The molecular weight excluding hydrogens is 433 g/mol. The zero-order valence-corrected chi connectivity index (χ0v) is 18.9. The van der Waals surface area contributed by atoms with Crippen LogP contribution >= 0.6 is 23.1 Å². The van der Waals surface area contributed by atoms with Gasteiger partial charge in [0.2, 0.25) is 11.8 Å². The smallest absolute Gasteiger partial charge is 0.233 e. The molecule has 8 heteroatoms. The molecule has 1 aliphatic rings. The number of carbonyl (C=O) groups excluding carboxylic acids is 2. The third-order valence-corrected chi connectivity index (χ3v) is 7.68. The molecule has 0 bridgehead atoms. The van der Waals surface area contributed by atoms with E-state index in [1.807, 2.05) is 35.2 Å². The zero-order valence-electron chi connectivity index (χ0n) is 17.3. The summed E-state index contributed by atoms with van der Waals surface area (Å²) in [7, 11) is 0. The summed E-state index contributed by atoms with van der Waals surface area (Å²) in [6.45, 7) is 3.19. The topological polar surface area (TPSA) is 62.3 Å². The predicted octanol–water partition coefficient (Wildman–Crippen LogP) is 4.39. The van der Waals surface area contributed by atoms with E-state index in [4.69, 9.17) is 0 Å². The van der Waals surface area contributed by atoms with Gasteiger partial charge in [0.05, 0.1) is 16.0 Å². The first kappa shape index (κ1) is 21.8. The third kappa shape index (κ3) is 5.43. The molecule has 162 valence electrons. The fourth-order valence-corrected chi connectivity index (χ4v) is 5.57. The minimum atomic E-state index is -0.262. The molecular formula is C23H24FN3O2S2. The normalized spacial score (nSPS) is 14.7. The Hall–Kier alpha value is -2.45. The molecule has 1 N–H and O–H groups in total. The number of hydrogen-bond donors (Lipinski definition) is 1. The lowest BCUT2D eigenvalue weighted by atomic mass is 9.96. The highest BCUT2D eigenvalue weighted by Crippen LogP contribution is 2.29. The van der Waals surface area contributed by atoms with Crippen molar-refractivity contribution in [1.29, 1.82) is 0 Å². The van der Waals surface area contributed by atoms with Crippen molar-refractivity contribution in [2.24, 2.45) is 5.92 Å². The summed E-state index contributed by atoms with van der Waals surface area (Å²) in [5.41, 5.74) is 2.30. The Balaban J connectivity index is 1.21. The molecule has 0 atom stereocenters. The first-order valence-corrected chi connectivity index (χ1v) is 12.1. The van der Waals surface area contributed by atoms with Crippen LogP contribution in [0.25, 0.3) is 10.2 Å². The van der Waals surface area contributed by atoms with Crippen LogP contribution in [-0.4, -0.2) is 40.5 Å². The van der Waals surface area contributed by atoms with Crippen LogP contribution in [0.5, 0.6) is 0 Å². The summed E-state index contributed by atoms with van der Waals surface area (Å²) in [6, 6.07) is 12.9. The molecule has 0 unspecified atom stereocenters. The van der Waals surface area contributed by atoms with Gasteiger partial charge in [-0.1, -0.05) is 36.0 Å². The second kappa shape index (κ2) is 9.78.